The summed E-state index contributed by atoms with van der Waals surface area (Å²) in [5, 5.41) is 13.0. The van der Waals surface area contributed by atoms with Crippen LogP contribution in [0, 0.1) is 0 Å². The summed E-state index contributed by atoms with van der Waals surface area (Å²) in [4.78, 5) is 17.2. The van der Waals surface area contributed by atoms with Crippen LogP contribution in [0.25, 0.3) is 10.8 Å². The number of ketones is 1. The number of carbonyl (C=O) groups excluding carboxylic acids is 1. The van der Waals surface area contributed by atoms with Gasteiger partial charge in [0.15, 0.2) is 5.78 Å². The van der Waals surface area contributed by atoms with Gasteiger partial charge in [-0.15, -0.1) is 0 Å². The van der Waals surface area contributed by atoms with Crippen LogP contribution in [0.5, 0.6) is 0 Å². The first-order valence-electron chi connectivity index (χ1n) is 8.86. The molecule has 0 atom stereocenters. The number of benzene rings is 2. The van der Waals surface area contributed by atoms with Crippen molar-refractivity contribution in [2.45, 2.75) is 52.0 Å². The van der Waals surface area contributed by atoms with E-state index in [0.29, 0.717) is 18.4 Å². The standard InChI is InChI=1S/C22H25NO2/c1-22(2,3)23-18-12-7-13-19(24)21(18)20(25)14-16-10-6-9-15-8-4-5-11-17(15)16/h4-6,8-11,25H,7,12-14H2,1-3H3. The van der Waals surface area contributed by atoms with Crippen LogP contribution in [0.2, 0.25) is 0 Å². The molecule has 3 nitrogen and oxygen atoms in total. The first-order chi connectivity index (χ1) is 11.8. The quantitative estimate of drug-likeness (QED) is 0.607. The maximum absolute atomic E-state index is 12.5. The van der Waals surface area contributed by atoms with E-state index >= 15 is 0 Å². The monoisotopic (exact) mass is 335 g/mol. The highest BCUT2D eigenvalue weighted by Crippen LogP contribution is 2.26. The van der Waals surface area contributed by atoms with Crippen LogP contribution >= 0.6 is 0 Å². The van der Waals surface area contributed by atoms with Gasteiger partial charge in [-0.1, -0.05) is 42.5 Å². The van der Waals surface area contributed by atoms with E-state index in [1.807, 2.05) is 45.0 Å². The molecule has 0 aliphatic heterocycles. The van der Waals surface area contributed by atoms with Crippen LogP contribution in [-0.2, 0) is 11.2 Å². The van der Waals surface area contributed by atoms with Crippen LogP contribution in [0.15, 0.2) is 58.8 Å². The number of aliphatic hydroxyl groups excluding tert-OH is 1. The molecule has 130 valence electrons. The highest BCUT2D eigenvalue weighted by atomic mass is 16.3. The second-order valence-electron chi connectivity index (χ2n) is 7.64. The molecule has 1 N–H and O–H groups in total. The van der Waals surface area contributed by atoms with Crippen molar-refractivity contribution >= 4 is 22.3 Å². The molecule has 3 heteroatoms. The zero-order valence-corrected chi connectivity index (χ0v) is 15.2. The molecule has 0 aromatic heterocycles. The molecule has 0 bridgehead atoms. The second kappa shape index (κ2) is 6.83. The van der Waals surface area contributed by atoms with Gasteiger partial charge < -0.3 is 5.11 Å². The Morgan fingerprint density at radius 2 is 1.80 bits per heavy atom. The van der Waals surface area contributed by atoms with Gasteiger partial charge in [0.05, 0.1) is 11.1 Å². The number of hydrogen-bond acceptors (Lipinski definition) is 3. The summed E-state index contributed by atoms with van der Waals surface area (Å²) in [7, 11) is 0. The van der Waals surface area contributed by atoms with Crippen molar-refractivity contribution in [3.05, 3.63) is 59.4 Å². The van der Waals surface area contributed by atoms with Crippen LogP contribution in [0.1, 0.15) is 45.6 Å². The van der Waals surface area contributed by atoms with Gasteiger partial charge in [-0.2, -0.15) is 0 Å². The predicted octanol–water partition coefficient (Wildman–Crippen LogP) is 5.19. The van der Waals surface area contributed by atoms with E-state index in [1.54, 1.807) is 0 Å². The summed E-state index contributed by atoms with van der Waals surface area (Å²) in [6.45, 7) is 6.04. The lowest BCUT2D eigenvalue weighted by molar-refractivity contribution is -0.115. The van der Waals surface area contributed by atoms with Gasteiger partial charge in [-0.3, -0.25) is 9.79 Å². The van der Waals surface area contributed by atoms with Gasteiger partial charge in [0.1, 0.15) is 5.76 Å². The Labute approximate surface area is 149 Å². The SMILES string of the molecule is CC(C)(C)N=C1CCCC(=O)C1=C(O)Cc1cccc2ccccc12. The fourth-order valence-electron chi connectivity index (χ4n) is 3.39. The first-order valence-corrected chi connectivity index (χ1v) is 8.86. The van der Waals surface area contributed by atoms with Crippen LogP contribution in [-0.4, -0.2) is 22.1 Å². The van der Waals surface area contributed by atoms with Gasteiger partial charge in [0.2, 0.25) is 0 Å². The lowest BCUT2D eigenvalue weighted by atomic mass is 9.88. The Kier molecular flexibility index (Phi) is 4.76. The molecule has 0 radical (unpaired) electrons. The van der Waals surface area contributed by atoms with Crippen molar-refractivity contribution in [2.24, 2.45) is 4.99 Å². The third-order valence-corrected chi connectivity index (χ3v) is 4.38. The van der Waals surface area contributed by atoms with Gasteiger partial charge >= 0.3 is 0 Å². The van der Waals surface area contributed by atoms with Gasteiger partial charge in [0, 0.05) is 18.6 Å². The Morgan fingerprint density at radius 3 is 2.56 bits per heavy atom. The van der Waals surface area contributed by atoms with E-state index in [1.165, 1.54) is 0 Å². The maximum atomic E-state index is 12.5. The van der Waals surface area contributed by atoms with Crippen molar-refractivity contribution in [1.82, 2.24) is 0 Å². The normalized spacial score (nSPS) is 19.5. The summed E-state index contributed by atoms with van der Waals surface area (Å²) < 4.78 is 0. The average molecular weight is 335 g/mol. The number of aliphatic hydroxyl groups is 1. The number of hydrogen-bond donors (Lipinski definition) is 1. The van der Waals surface area contributed by atoms with E-state index in [4.69, 9.17) is 4.99 Å². The van der Waals surface area contributed by atoms with Crippen LogP contribution in [0.4, 0.5) is 0 Å². The molecular formula is C22H25NO2. The Morgan fingerprint density at radius 1 is 1.08 bits per heavy atom. The van der Waals surface area contributed by atoms with Gasteiger partial charge in [-0.25, -0.2) is 0 Å². The smallest absolute Gasteiger partial charge is 0.168 e. The van der Waals surface area contributed by atoms with Crippen molar-refractivity contribution in [2.75, 3.05) is 0 Å². The summed E-state index contributed by atoms with van der Waals surface area (Å²) in [6.07, 6.45) is 2.39. The van der Waals surface area contributed by atoms with Crippen molar-refractivity contribution in [3.63, 3.8) is 0 Å². The molecule has 2 aromatic rings. The van der Waals surface area contributed by atoms with E-state index in [0.717, 1.165) is 34.9 Å². The molecular weight excluding hydrogens is 310 g/mol. The largest absolute Gasteiger partial charge is 0.511 e. The molecule has 2 aromatic carbocycles. The summed E-state index contributed by atoms with van der Waals surface area (Å²) in [6, 6.07) is 14.2. The number of rotatable bonds is 2. The molecule has 3 rings (SSSR count). The first kappa shape index (κ1) is 17.4. The molecule has 25 heavy (non-hydrogen) atoms. The van der Waals surface area contributed by atoms with Gasteiger partial charge in [0.25, 0.3) is 0 Å². The van der Waals surface area contributed by atoms with Gasteiger partial charge in [-0.05, 0) is 49.9 Å². The lowest BCUT2D eigenvalue weighted by Gasteiger charge is -2.22. The molecule has 0 saturated heterocycles. The minimum absolute atomic E-state index is 0.00647. The number of fused-ring (bicyclic) bond motifs is 1. The summed E-state index contributed by atoms with van der Waals surface area (Å²) in [5.41, 5.74) is 1.95. The fourth-order valence-corrected chi connectivity index (χ4v) is 3.39. The van der Waals surface area contributed by atoms with Crippen LogP contribution < -0.4 is 0 Å². The highest BCUT2D eigenvalue weighted by molar-refractivity contribution is 6.24. The zero-order chi connectivity index (χ0) is 18.0. The topological polar surface area (TPSA) is 49.7 Å². The second-order valence-corrected chi connectivity index (χ2v) is 7.64. The minimum atomic E-state index is -0.266. The molecule has 0 spiro atoms. The summed E-state index contributed by atoms with van der Waals surface area (Å²) in [5.74, 6) is 0.149. The van der Waals surface area contributed by atoms with E-state index in [2.05, 4.69) is 18.2 Å². The molecule has 1 aliphatic carbocycles. The Bertz CT molecular complexity index is 864. The number of aliphatic imine (C=N–C) groups is 1. The van der Waals surface area contributed by atoms with E-state index in [-0.39, 0.29) is 17.1 Å². The number of Topliss-reactive ketones (excluding diaryl/α,β-unsaturated/α-hetero) is 1. The maximum Gasteiger partial charge on any atom is 0.168 e. The lowest BCUT2D eigenvalue weighted by Crippen LogP contribution is -2.25. The Balaban J connectivity index is 2.04. The molecule has 0 heterocycles. The highest BCUT2D eigenvalue weighted by Gasteiger charge is 2.27. The number of nitrogens with zero attached hydrogens (tertiary/aromatic N) is 1. The third kappa shape index (κ3) is 3.98. The minimum Gasteiger partial charge on any atom is -0.511 e. The van der Waals surface area contributed by atoms with E-state index < -0.39 is 0 Å². The van der Waals surface area contributed by atoms with Crippen molar-refractivity contribution < 1.29 is 9.90 Å². The molecule has 0 amide bonds. The van der Waals surface area contributed by atoms with Crippen molar-refractivity contribution in [3.8, 4) is 0 Å². The zero-order valence-electron chi connectivity index (χ0n) is 15.2. The average Bonchev–Trinajstić information content (AvgIpc) is 2.53. The predicted molar refractivity (Wildman–Crippen MR) is 103 cm³/mol. The number of carbonyl (C=O) groups is 1. The van der Waals surface area contributed by atoms with Crippen LogP contribution in [0.3, 0.4) is 0 Å². The number of allylic oxidation sites excluding steroid dienone is 2. The molecule has 1 fully saturated rings. The summed E-state index contributed by atoms with van der Waals surface area (Å²) >= 11 is 0. The molecule has 1 saturated carbocycles. The molecule has 0 unspecified atom stereocenters. The van der Waals surface area contributed by atoms with E-state index in [9.17, 15) is 9.90 Å². The Hall–Kier alpha value is -2.42. The van der Waals surface area contributed by atoms with Crippen molar-refractivity contribution in [1.29, 1.82) is 0 Å². The fraction of sp³-hybridized carbons (Fsp3) is 0.364. The molecule has 1 aliphatic rings. The third-order valence-electron chi connectivity index (χ3n) is 4.38.